The quantitative estimate of drug-likeness (QED) is 0.709. The zero-order valence-corrected chi connectivity index (χ0v) is 8.94. The summed E-state index contributed by atoms with van der Waals surface area (Å²) in [6.07, 6.45) is 0.912. The predicted octanol–water partition coefficient (Wildman–Crippen LogP) is 3.04. The summed E-state index contributed by atoms with van der Waals surface area (Å²) in [6, 6.07) is 6.24. The van der Waals surface area contributed by atoms with Gasteiger partial charge in [-0.05, 0) is 32.4 Å². The van der Waals surface area contributed by atoms with Crippen molar-refractivity contribution in [1.82, 2.24) is 0 Å². The van der Waals surface area contributed by atoms with Gasteiger partial charge in [0.2, 0.25) is 0 Å². The third kappa shape index (κ3) is 2.55. The topological polar surface area (TPSA) is 18.5 Å². The summed E-state index contributed by atoms with van der Waals surface area (Å²) in [7, 11) is 0. The van der Waals surface area contributed by atoms with E-state index in [1.54, 1.807) is 12.1 Å². The van der Waals surface area contributed by atoms with Crippen molar-refractivity contribution < 1.29 is 13.9 Å². The predicted molar refractivity (Wildman–Crippen MR) is 54.9 cm³/mol. The summed E-state index contributed by atoms with van der Waals surface area (Å²) < 4.78 is 24.0. The van der Waals surface area contributed by atoms with Gasteiger partial charge in [0, 0.05) is 5.56 Å². The zero-order chi connectivity index (χ0) is 10.8. The van der Waals surface area contributed by atoms with E-state index in [0.717, 1.165) is 12.0 Å². The second-order valence-electron chi connectivity index (χ2n) is 4.01. The van der Waals surface area contributed by atoms with Crippen LogP contribution >= 0.6 is 0 Å². The van der Waals surface area contributed by atoms with Crippen molar-refractivity contribution in [3.05, 3.63) is 35.6 Å². The lowest BCUT2D eigenvalue weighted by atomic mass is 10.1. The highest BCUT2D eigenvalue weighted by Crippen LogP contribution is 2.29. The van der Waals surface area contributed by atoms with E-state index < -0.39 is 0 Å². The third-order valence-electron chi connectivity index (χ3n) is 2.52. The maximum atomic E-state index is 12.7. The van der Waals surface area contributed by atoms with Gasteiger partial charge in [-0.25, -0.2) is 4.39 Å². The Morgan fingerprint density at radius 1 is 1.07 bits per heavy atom. The average molecular weight is 210 g/mol. The minimum absolute atomic E-state index is 0.184. The van der Waals surface area contributed by atoms with Crippen LogP contribution < -0.4 is 0 Å². The monoisotopic (exact) mass is 210 g/mol. The van der Waals surface area contributed by atoms with E-state index in [4.69, 9.17) is 9.47 Å². The molecule has 82 valence electrons. The fourth-order valence-corrected chi connectivity index (χ4v) is 1.81. The van der Waals surface area contributed by atoms with Crippen LogP contribution in [0.1, 0.15) is 32.1 Å². The number of hydrogen-bond donors (Lipinski definition) is 0. The van der Waals surface area contributed by atoms with Gasteiger partial charge in [-0.1, -0.05) is 12.1 Å². The maximum absolute atomic E-state index is 12.7. The lowest BCUT2D eigenvalue weighted by Gasteiger charge is -2.32. The van der Waals surface area contributed by atoms with Crippen LogP contribution in [0.3, 0.4) is 0 Å². The standard InChI is InChI=1S/C12H15FO2/c1-8-7-9(2)15-12(14-8)10-3-5-11(13)6-4-10/h3-6,8-9,12H,7H2,1-2H3/t8-,9+,12?. The zero-order valence-electron chi connectivity index (χ0n) is 8.94. The highest BCUT2D eigenvalue weighted by atomic mass is 19.1. The molecular formula is C12H15FO2. The van der Waals surface area contributed by atoms with Gasteiger partial charge < -0.3 is 9.47 Å². The van der Waals surface area contributed by atoms with E-state index in [1.165, 1.54) is 12.1 Å². The molecule has 0 aliphatic carbocycles. The van der Waals surface area contributed by atoms with Crippen LogP contribution in [0.15, 0.2) is 24.3 Å². The van der Waals surface area contributed by atoms with Gasteiger partial charge in [0.25, 0.3) is 0 Å². The first-order valence-electron chi connectivity index (χ1n) is 5.21. The third-order valence-corrected chi connectivity index (χ3v) is 2.52. The first-order chi connectivity index (χ1) is 7.15. The molecular weight excluding hydrogens is 195 g/mol. The molecule has 0 spiro atoms. The fourth-order valence-electron chi connectivity index (χ4n) is 1.81. The molecule has 0 N–H and O–H groups in total. The maximum Gasteiger partial charge on any atom is 0.184 e. The second kappa shape index (κ2) is 4.29. The summed E-state index contributed by atoms with van der Waals surface area (Å²) in [6.45, 7) is 4.05. The van der Waals surface area contributed by atoms with Gasteiger partial charge in [-0.2, -0.15) is 0 Å². The van der Waals surface area contributed by atoms with Gasteiger partial charge in [0.1, 0.15) is 5.82 Å². The van der Waals surface area contributed by atoms with Crippen molar-refractivity contribution in [1.29, 1.82) is 0 Å². The first kappa shape index (κ1) is 10.6. The molecule has 1 fully saturated rings. The number of ether oxygens (including phenoxy) is 2. The molecule has 1 aromatic rings. The molecule has 3 atom stereocenters. The van der Waals surface area contributed by atoms with Gasteiger partial charge in [-0.15, -0.1) is 0 Å². The molecule has 15 heavy (non-hydrogen) atoms. The van der Waals surface area contributed by atoms with Crippen molar-refractivity contribution in [3.63, 3.8) is 0 Å². The number of hydrogen-bond acceptors (Lipinski definition) is 2. The summed E-state index contributed by atoms with van der Waals surface area (Å²) in [4.78, 5) is 0. The van der Waals surface area contributed by atoms with Crippen LogP contribution in [0, 0.1) is 5.82 Å². The van der Waals surface area contributed by atoms with Crippen LogP contribution in [0.5, 0.6) is 0 Å². The molecule has 1 aromatic carbocycles. The molecule has 1 unspecified atom stereocenters. The number of benzene rings is 1. The minimum atomic E-state index is -0.357. The Morgan fingerprint density at radius 2 is 1.60 bits per heavy atom. The van der Waals surface area contributed by atoms with E-state index in [2.05, 4.69) is 0 Å². The molecule has 0 radical (unpaired) electrons. The molecule has 1 heterocycles. The van der Waals surface area contributed by atoms with Gasteiger partial charge in [0.05, 0.1) is 12.2 Å². The Bertz CT molecular complexity index is 313. The lowest BCUT2D eigenvalue weighted by Crippen LogP contribution is -2.30. The largest absolute Gasteiger partial charge is 0.345 e. The Kier molecular flexibility index (Phi) is 3.03. The molecule has 1 aliphatic heterocycles. The Morgan fingerprint density at radius 3 is 2.13 bits per heavy atom. The number of halogens is 1. The van der Waals surface area contributed by atoms with Crippen LogP contribution in [-0.4, -0.2) is 12.2 Å². The van der Waals surface area contributed by atoms with E-state index in [1.807, 2.05) is 13.8 Å². The normalized spacial score (nSPS) is 31.5. The van der Waals surface area contributed by atoms with Crippen LogP contribution in [0.25, 0.3) is 0 Å². The lowest BCUT2D eigenvalue weighted by molar-refractivity contribution is -0.239. The minimum Gasteiger partial charge on any atom is -0.345 e. The summed E-state index contributed by atoms with van der Waals surface area (Å²) >= 11 is 0. The van der Waals surface area contributed by atoms with E-state index in [-0.39, 0.29) is 24.3 Å². The van der Waals surface area contributed by atoms with Crippen LogP contribution in [-0.2, 0) is 9.47 Å². The van der Waals surface area contributed by atoms with Crippen LogP contribution in [0.2, 0.25) is 0 Å². The highest BCUT2D eigenvalue weighted by molar-refractivity contribution is 5.17. The van der Waals surface area contributed by atoms with Gasteiger partial charge in [-0.3, -0.25) is 0 Å². The van der Waals surface area contributed by atoms with Crippen LogP contribution in [0.4, 0.5) is 4.39 Å². The molecule has 0 saturated carbocycles. The van der Waals surface area contributed by atoms with E-state index in [9.17, 15) is 4.39 Å². The average Bonchev–Trinajstić information content (AvgIpc) is 2.17. The fraction of sp³-hybridized carbons (Fsp3) is 0.500. The van der Waals surface area contributed by atoms with E-state index >= 15 is 0 Å². The summed E-state index contributed by atoms with van der Waals surface area (Å²) in [5.74, 6) is -0.240. The van der Waals surface area contributed by atoms with Crippen molar-refractivity contribution >= 4 is 0 Å². The van der Waals surface area contributed by atoms with Gasteiger partial charge >= 0.3 is 0 Å². The van der Waals surface area contributed by atoms with Gasteiger partial charge in [0.15, 0.2) is 6.29 Å². The molecule has 0 bridgehead atoms. The smallest absolute Gasteiger partial charge is 0.184 e. The first-order valence-corrected chi connectivity index (χ1v) is 5.21. The molecule has 2 rings (SSSR count). The number of rotatable bonds is 1. The molecule has 1 aliphatic rings. The van der Waals surface area contributed by atoms with Crippen molar-refractivity contribution in [2.45, 2.75) is 38.8 Å². The molecule has 3 heteroatoms. The van der Waals surface area contributed by atoms with Crippen molar-refractivity contribution in [2.75, 3.05) is 0 Å². The van der Waals surface area contributed by atoms with Crippen molar-refractivity contribution in [2.24, 2.45) is 0 Å². The SMILES string of the molecule is C[C@@H]1C[C@H](C)OC(c2ccc(F)cc2)O1. The summed E-state index contributed by atoms with van der Waals surface area (Å²) in [5, 5.41) is 0. The van der Waals surface area contributed by atoms with E-state index in [0.29, 0.717) is 0 Å². The second-order valence-corrected chi connectivity index (χ2v) is 4.01. The Labute approximate surface area is 89.0 Å². The summed E-state index contributed by atoms with van der Waals surface area (Å²) in [5.41, 5.74) is 0.870. The highest BCUT2D eigenvalue weighted by Gasteiger charge is 2.25. The molecule has 2 nitrogen and oxygen atoms in total. The van der Waals surface area contributed by atoms with Crippen molar-refractivity contribution in [3.8, 4) is 0 Å². The molecule has 0 amide bonds. The Hall–Kier alpha value is -0.930. The molecule has 1 saturated heterocycles. The Balaban J connectivity index is 2.12. The molecule has 0 aromatic heterocycles.